The lowest BCUT2D eigenvalue weighted by molar-refractivity contribution is 0.177. The minimum atomic E-state index is 0.204. The minimum absolute atomic E-state index is 0.204. The Hall–Kier alpha value is -3.44. The predicted molar refractivity (Wildman–Crippen MR) is 119 cm³/mol. The summed E-state index contributed by atoms with van der Waals surface area (Å²) < 4.78 is 0. The zero-order valence-electron chi connectivity index (χ0n) is 17.2. The number of aromatic nitrogens is 3. The van der Waals surface area contributed by atoms with Gasteiger partial charge in [0.25, 0.3) is 0 Å². The molecular weight excluding hydrogens is 376 g/mol. The molecule has 0 radical (unpaired) electrons. The van der Waals surface area contributed by atoms with Gasteiger partial charge in [0.05, 0.1) is 28.0 Å². The highest BCUT2D eigenvalue weighted by atomic mass is 15.2. The van der Waals surface area contributed by atoms with Gasteiger partial charge in [0, 0.05) is 30.6 Å². The van der Waals surface area contributed by atoms with Crippen molar-refractivity contribution in [3.8, 4) is 6.07 Å². The molecule has 0 saturated carbocycles. The highest BCUT2D eigenvalue weighted by Crippen LogP contribution is 2.26. The largest absolute Gasteiger partial charge is 0.383 e. The Kier molecular flexibility index (Phi) is 5.38. The van der Waals surface area contributed by atoms with Gasteiger partial charge in [-0.15, -0.1) is 0 Å². The average Bonchev–Trinajstić information content (AvgIpc) is 3.18. The van der Waals surface area contributed by atoms with Crippen LogP contribution in [0.2, 0.25) is 0 Å². The van der Waals surface area contributed by atoms with Crippen molar-refractivity contribution in [2.75, 3.05) is 24.1 Å². The highest BCUT2D eigenvalue weighted by molar-refractivity contribution is 6.17. The Bertz CT molecular complexity index is 1120. The van der Waals surface area contributed by atoms with Crippen LogP contribution in [0.4, 0.5) is 11.6 Å². The molecule has 0 spiro atoms. The molecule has 2 aromatic heterocycles. The number of hydrogen-bond acceptors (Lipinski definition) is 7. The minimum Gasteiger partial charge on any atom is -0.383 e. The van der Waals surface area contributed by atoms with Gasteiger partial charge in [-0.3, -0.25) is 5.41 Å². The number of piperidine rings is 1. The van der Waals surface area contributed by atoms with Gasteiger partial charge in [0.1, 0.15) is 24.0 Å². The zero-order chi connectivity index (χ0) is 21.3. The van der Waals surface area contributed by atoms with E-state index in [2.05, 4.69) is 45.1 Å². The molecule has 1 aliphatic rings. The molecule has 1 saturated heterocycles. The molecule has 30 heavy (non-hydrogen) atoms. The topological polar surface area (TPSA) is 130 Å². The summed E-state index contributed by atoms with van der Waals surface area (Å²) in [4.78, 5) is 14.2. The van der Waals surface area contributed by atoms with E-state index in [1.165, 1.54) is 6.33 Å². The molecular formula is C22H26N8. The molecule has 0 atom stereocenters. The zero-order valence-corrected chi connectivity index (χ0v) is 17.2. The van der Waals surface area contributed by atoms with Crippen molar-refractivity contribution in [2.45, 2.75) is 38.8 Å². The summed E-state index contributed by atoms with van der Waals surface area (Å²) in [6.07, 6.45) is 3.44. The van der Waals surface area contributed by atoms with Crippen LogP contribution in [0.3, 0.4) is 0 Å². The first-order valence-electron chi connectivity index (χ1n) is 10.2. The normalized spacial score (nSPS) is 15.4. The van der Waals surface area contributed by atoms with Crippen LogP contribution < -0.4 is 11.1 Å². The maximum absolute atomic E-state index is 9.35. The Balaban J connectivity index is 1.62. The number of hydrogen-bond donors (Lipinski definition) is 4. The molecule has 154 valence electrons. The maximum atomic E-state index is 9.35. The van der Waals surface area contributed by atoms with Gasteiger partial charge < -0.3 is 20.9 Å². The summed E-state index contributed by atoms with van der Waals surface area (Å²) in [5.41, 5.74) is 8.69. The molecule has 5 N–H and O–H groups in total. The van der Waals surface area contributed by atoms with Gasteiger partial charge in [0.2, 0.25) is 0 Å². The van der Waals surface area contributed by atoms with Crippen molar-refractivity contribution in [3.05, 3.63) is 47.4 Å². The molecule has 1 aliphatic heterocycles. The van der Waals surface area contributed by atoms with Gasteiger partial charge in [-0.1, -0.05) is 12.1 Å². The highest BCUT2D eigenvalue weighted by Gasteiger charge is 2.24. The first-order chi connectivity index (χ1) is 14.5. The molecule has 0 amide bonds. The van der Waals surface area contributed by atoms with Crippen molar-refractivity contribution < 1.29 is 0 Å². The number of nitrogens with one attached hydrogen (secondary N) is 3. The van der Waals surface area contributed by atoms with Crippen molar-refractivity contribution in [2.24, 2.45) is 0 Å². The van der Waals surface area contributed by atoms with Crippen LogP contribution in [0.5, 0.6) is 0 Å². The maximum Gasteiger partial charge on any atom is 0.141 e. The monoisotopic (exact) mass is 402 g/mol. The van der Waals surface area contributed by atoms with E-state index < -0.39 is 0 Å². The average molecular weight is 403 g/mol. The molecule has 0 unspecified atom stereocenters. The van der Waals surface area contributed by atoms with Crippen LogP contribution in [0.15, 0.2) is 30.6 Å². The molecule has 3 heterocycles. The first kappa shape index (κ1) is 19.9. The van der Waals surface area contributed by atoms with Crippen molar-refractivity contribution in [3.63, 3.8) is 0 Å². The Morgan fingerprint density at radius 3 is 2.80 bits per heavy atom. The van der Waals surface area contributed by atoms with Crippen LogP contribution in [0.25, 0.3) is 10.9 Å². The lowest BCUT2D eigenvalue weighted by Crippen LogP contribution is -2.42. The number of H-pyrrole nitrogens is 1. The van der Waals surface area contributed by atoms with Gasteiger partial charge in [0.15, 0.2) is 0 Å². The van der Waals surface area contributed by atoms with Gasteiger partial charge in [-0.2, -0.15) is 5.26 Å². The van der Waals surface area contributed by atoms with Crippen LogP contribution in [0.1, 0.15) is 43.5 Å². The fourth-order valence-corrected chi connectivity index (χ4v) is 4.03. The SMILES string of the molecule is CC(C)N1CCC(Nc2ncnc(N)c2C(=N)c2cc3cccc(C#N)c3[nH]2)CC1. The number of aromatic amines is 1. The standard InChI is InChI=1S/C22H26N8/c1-13(2)30-8-6-16(7-9-30)28-22-18(21(25)26-12-27-22)19(24)17-10-14-4-3-5-15(11-23)20(14)29-17/h3-5,10,12-13,16,24,29H,6-9H2,1-2H3,(H3,25,26,27,28). The third-order valence-corrected chi connectivity index (χ3v) is 5.77. The lowest BCUT2D eigenvalue weighted by Gasteiger charge is -2.35. The van der Waals surface area contributed by atoms with E-state index in [9.17, 15) is 5.26 Å². The third-order valence-electron chi connectivity index (χ3n) is 5.77. The van der Waals surface area contributed by atoms with E-state index in [-0.39, 0.29) is 17.6 Å². The molecule has 1 fully saturated rings. The molecule has 4 rings (SSSR count). The predicted octanol–water partition coefficient (Wildman–Crippen LogP) is 3.11. The van der Waals surface area contributed by atoms with E-state index in [0.717, 1.165) is 31.3 Å². The lowest BCUT2D eigenvalue weighted by atomic mass is 10.0. The van der Waals surface area contributed by atoms with E-state index in [0.29, 0.717) is 34.2 Å². The van der Waals surface area contributed by atoms with E-state index >= 15 is 0 Å². The second kappa shape index (κ2) is 8.13. The summed E-state index contributed by atoms with van der Waals surface area (Å²) in [6.45, 7) is 6.50. The third kappa shape index (κ3) is 3.72. The van der Waals surface area contributed by atoms with Crippen LogP contribution >= 0.6 is 0 Å². The molecule has 8 heteroatoms. The van der Waals surface area contributed by atoms with Gasteiger partial charge >= 0.3 is 0 Å². The molecule has 8 nitrogen and oxygen atoms in total. The van der Waals surface area contributed by atoms with E-state index in [4.69, 9.17) is 11.1 Å². The number of nitrogens with two attached hydrogens (primary N) is 1. The fourth-order valence-electron chi connectivity index (χ4n) is 4.03. The van der Waals surface area contributed by atoms with Gasteiger partial charge in [-0.25, -0.2) is 9.97 Å². The summed E-state index contributed by atoms with van der Waals surface area (Å²) in [7, 11) is 0. The molecule has 0 bridgehead atoms. The van der Waals surface area contributed by atoms with Gasteiger partial charge in [-0.05, 0) is 38.8 Å². The number of rotatable bonds is 5. The van der Waals surface area contributed by atoms with Crippen molar-refractivity contribution in [1.29, 1.82) is 10.7 Å². The summed E-state index contributed by atoms with van der Waals surface area (Å²) in [6, 6.07) is 10.4. The molecule has 3 aromatic rings. The number of fused-ring (bicyclic) bond motifs is 1. The van der Waals surface area contributed by atoms with Crippen LogP contribution in [-0.2, 0) is 0 Å². The summed E-state index contributed by atoms with van der Waals surface area (Å²) in [5, 5.41) is 22.5. The van der Waals surface area contributed by atoms with E-state index in [1.54, 1.807) is 6.07 Å². The first-order valence-corrected chi connectivity index (χ1v) is 10.2. The molecule has 0 aliphatic carbocycles. The van der Waals surface area contributed by atoms with Crippen molar-refractivity contribution in [1.82, 2.24) is 19.9 Å². The van der Waals surface area contributed by atoms with Crippen LogP contribution in [-0.4, -0.2) is 50.7 Å². The second-order valence-electron chi connectivity index (χ2n) is 7.97. The Morgan fingerprint density at radius 1 is 1.33 bits per heavy atom. The summed E-state index contributed by atoms with van der Waals surface area (Å²) >= 11 is 0. The number of nitrogen functional groups attached to an aromatic ring is 1. The number of para-hydroxylation sites is 1. The fraction of sp³-hybridized carbons (Fsp3) is 0.364. The number of likely N-dealkylation sites (tertiary alicyclic amines) is 1. The number of nitrogens with zero attached hydrogens (tertiary/aromatic N) is 4. The van der Waals surface area contributed by atoms with Crippen molar-refractivity contribution >= 4 is 28.3 Å². The van der Waals surface area contributed by atoms with E-state index in [1.807, 2.05) is 18.2 Å². The summed E-state index contributed by atoms with van der Waals surface area (Å²) in [5.74, 6) is 0.839. The smallest absolute Gasteiger partial charge is 0.141 e. The number of nitriles is 1. The Morgan fingerprint density at radius 2 is 2.10 bits per heavy atom. The molecule has 1 aromatic carbocycles. The van der Waals surface area contributed by atoms with Crippen LogP contribution in [0, 0.1) is 16.7 Å². The Labute approximate surface area is 175 Å². The number of benzene rings is 1. The second-order valence-corrected chi connectivity index (χ2v) is 7.97. The number of anilines is 2. The quantitative estimate of drug-likeness (QED) is 0.485.